The van der Waals surface area contributed by atoms with Gasteiger partial charge in [0.25, 0.3) is 0 Å². The monoisotopic (exact) mass is 490 g/mol. The number of aliphatic hydroxyl groups is 1. The number of nitrogens with one attached hydrogen (secondary N) is 1. The van der Waals surface area contributed by atoms with Crippen LogP contribution in [0, 0.1) is 0 Å². The fourth-order valence-corrected chi connectivity index (χ4v) is 3.52. The number of esters is 1. The smallest absolute Gasteiger partial charge is 0.410 e. The van der Waals surface area contributed by atoms with Crippen LogP contribution in [0.15, 0.2) is 24.3 Å². The highest BCUT2D eigenvalue weighted by Gasteiger charge is 2.27. The summed E-state index contributed by atoms with van der Waals surface area (Å²) >= 11 is 0. The number of aliphatic hydroxyl groups excluding tert-OH is 1. The molecule has 0 saturated carbocycles. The number of carbonyl (C=O) groups is 2. The van der Waals surface area contributed by atoms with Crippen molar-refractivity contribution in [3.63, 3.8) is 0 Å². The van der Waals surface area contributed by atoms with Crippen LogP contribution in [0.25, 0.3) is 0 Å². The Morgan fingerprint density at radius 2 is 1.89 bits per heavy atom. The lowest BCUT2D eigenvalue weighted by atomic mass is 10.0. The number of ether oxygens (including phenoxy) is 2. The van der Waals surface area contributed by atoms with E-state index >= 15 is 0 Å². The zero-order chi connectivity index (χ0) is 26.0. The van der Waals surface area contributed by atoms with Crippen molar-refractivity contribution in [1.82, 2.24) is 30.4 Å². The summed E-state index contributed by atoms with van der Waals surface area (Å²) in [5.74, 6) is 0.203. The highest BCUT2D eigenvalue weighted by molar-refractivity contribution is 5.69. The molecule has 1 aromatic heterocycles. The molecule has 194 valence electrons. The summed E-state index contributed by atoms with van der Waals surface area (Å²) in [6, 6.07) is 6.85. The summed E-state index contributed by atoms with van der Waals surface area (Å²) in [7, 11) is 0. The van der Waals surface area contributed by atoms with Gasteiger partial charge in [0, 0.05) is 19.1 Å². The van der Waals surface area contributed by atoms with Gasteiger partial charge in [-0.3, -0.25) is 4.79 Å². The number of rotatable bonds is 12. The molecule has 35 heavy (non-hydrogen) atoms. The van der Waals surface area contributed by atoms with Crippen molar-refractivity contribution < 1.29 is 24.2 Å². The molecule has 0 radical (unpaired) electrons. The molecule has 2 rings (SSSR count). The number of carbonyl (C=O) groups excluding carboxylic acids is 2. The van der Waals surface area contributed by atoms with Gasteiger partial charge in [-0.1, -0.05) is 24.3 Å². The number of aromatic nitrogens is 4. The van der Waals surface area contributed by atoms with Gasteiger partial charge in [-0.15, -0.1) is 5.10 Å². The molecule has 0 bridgehead atoms. The summed E-state index contributed by atoms with van der Waals surface area (Å²) in [5.41, 5.74) is 1.07. The van der Waals surface area contributed by atoms with Crippen molar-refractivity contribution in [3.05, 3.63) is 41.2 Å². The first-order valence-corrected chi connectivity index (χ1v) is 11.9. The van der Waals surface area contributed by atoms with Crippen LogP contribution in [0.2, 0.25) is 0 Å². The summed E-state index contributed by atoms with van der Waals surface area (Å²) in [5, 5.41) is 25.0. The molecule has 0 aliphatic heterocycles. The summed E-state index contributed by atoms with van der Waals surface area (Å²) < 4.78 is 12.1. The minimum Gasteiger partial charge on any atom is -0.466 e. The highest BCUT2D eigenvalue weighted by Crippen LogP contribution is 2.21. The van der Waals surface area contributed by atoms with Crippen LogP contribution in [-0.4, -0.2) is 73.6 Å². The average Bonchev–Trinajstić information content (AvgIpc) is 3.26. The predicted molar refractivity (Wildman–Crippen MR) is 129 cm³/mol. The van der Waals surface area contributed by atoms with E-state index in [-0.39, 0.29) is 37.7 Å². The second kappa shape index (κ2) is 13.1. The number of benzene rings is 1. The van der Waals surface area contributed by atoms with Gasteiger partial charge >= 0.3 is 12.1 Å². The number of aryl methyl sites for hydroxylation is 1. The van der Waals surface area contributed by atoms with Crippen molar-refractivity contribution >= 4 is 12.1 Å². The first-order chi connectivity index (χ1) is 16.6. The van der Waals surface area contributed by atoms with E-state index in [9.17, 15) is 14.7 Å². The van der Waals surface area contributed by atoms with Crippen LogP contribution in [0.3, 0.4) is 0 Å². The topological polar surface area (TPSA) is 132 Å². The Labute approximate surface area is 206 Å². The van der Waals surface area contributed by atoms with Crippen molar-refractivity contribution in [2.24, 2.45) is 0 Å². The maximum absolute atomic E-state index is 12.7. The van der Waals surface area contributed by atoms with Gasteiger partial charge < -0.3 is 24.8 Å². The lowest BCUT2D eigenvalue weighted by Crippen LogP contribution is -2.47. The third-order valence-corrected chi connectivity index (χ3v) is 5.26. The fourth-order valence-electron chi connectivity index (χ4n) is 3.52. The molecule has 2 N–H and O–H groups in total. The molecule has 1 heterocycles. The van der Waals surface area contributed by atoms with Crippen LogP contribution in [0.1, 0.15) is 71.0 Å². The molecule has 0 aliphatic rings. The first-order valence-electron chi connectivity index (χ1n) is 11.9. The van der Waals surface area contributed by atoms with E-state index in [0.717, 1.165) is 11.1 Å². The number of likely N-dealkylation sites (N-methyl/N-ethyl adjacent to an activating group) is 1. The molecule has 1 unspecified atom stereocenters. The standard InChI is InChI=1S/C24H38N6O5/c1-7-29(23(33)35-24(4,5)6)17(3)15-25-21(19-11-9-18(16-31)10-12-19)22-26-27-28-30(22)14-13-20(32)34-8-2/h9-12,17,21,25,31H,7-8,13-16H2,1-6H3/t17-,21?/m1/s1. The summed E-state index contributed by atoms with van der Waals surface area (Å²) in [6.45, 7) is 12.6. The van der Waals surface area contributed by atoms with E-state index in [1.807, 2.05) is 58.9 Å². The number of hydrogen-bond acceptors (Lipinski definition) is 9. The van der Waals surface area contributed by atoms with E-state index in [2.05, 4.69) is 20.8 Å². The van der Waals surface area contributed by atoms with E-state index in [0.29, 0.717) is 25.5 Å². The Balaban J connectivity index is 2.24. The maximum atomic E-state index is 12.7. The van der Waals surface area contributed by atoms with Gasteiger partial charge in [-0.2, -0.15) is 0 Å². The maximum Gasteiger partial charge on any atom is 0.410 e. The number of amides is 1. The van der Waals surface area contributed by atoms with Crippen LogP contribution in [0.4, 0.5) is 4.79 Å². The van der Waals surface area contributed by atoms with E-state index in [4.69, 9.17) is 9.47 Å². The third-order valence-electron chi connectivity index (χ3n) is 5.26. The van der Waals surface area contributed by atoms with Crippen molar-refractivity contribution in [3.8, 4) is 0 Å². The Bertz CT molecular complexity index is 941. The molecule has 2 aromatic rings. The summed E-state index contributed by atoms with van der Waals surface area (Å²) in [6.07, 6.45) is -0.238. The first kappa shape index (κ1) is 28.2. The zero-order valence-electron chi connectivity index (χ0n) is 21.5. The van der Waals surface area contributed by atoms with Crippen molar-refractivity contribution in [2.75, 3.05) is 19.7 Å². The minimum atomic E-state index is -0.588. The summed E-state index contributed by atoms with van der Waals surface area (Å²) in [4.78, 5) is 26.2. The van der Waals surface area contributed by atoms with Gasteiger partial charge in [-0.05, 0) is 63.1 Å². The van der Waals surface area contributed by atoms with E-state index in [1.165, 1.54) is 0 Å². The quantitative estimate of drug-likeness (QED) is 0.431. The Morgan fingerprint density at radius 1 is 1.20 bits per heavy atom. The van der Waals surface area contributed by atoms with Crippen LogP contribution in [0.5, 0.6) is 0 Å². The second-order valence-electron chi connectivity index (χ2n) is 9.17. The number of hydrogen-bond donors (Lipinski definition) is 2. The Morgan fingerprint density at radius 3 is 2.46 bits per heavy atom. The highest BCUT2D eigenvalue weighted by atomic mass is 16.6. The van der Waals surface area contributed by atoms with Gasteiger partial charge in [0.1, 0.15) is 5.60 Å². The molecule has 11 heteroatoms. The SMILES string of the molecule is CCOC(=O)CCn1nnnc1C(NC[C@@H](C)N(CC)C(=O)OC(C)(C)C)c1ccc(CO)cc1. The van der Waals surface area contributed by atoms with Gasteiger partial charge in [0.2, 0.25) is 0 Å². The van der Waals surface area contributed by atoms with E-state index < -0.39 is 11.6 Å². The molecule has 11 nitrogen and oxygen atoms in total. The molecule has 0 fully saturated rings. The normalized spacial score (nSPS) is 13.2. The molecule has 1 amide bonds. The molecule has 0 spiro atoms. The number of tetrazole rings is 1. The molecular formula is C24H38N6O5. The van der Waals surface area contributed by atoms with Crippen LogP contribution < -0.4 is 5.32 Å². The van der Waals surface area contributed by atoms with Crippen molar-refractivity contribution in [1.29, 1.82) is 0 Å². The fraction of sp³-hybridized carbons (Fsp3) is 0.625. The Kier molecular flexibility index (Phi) is 10.6. The largest absolute Gasteiger partial charge is 0.466 e. The zero-order valence-corrected chi connectivity index (χ0v) is 21.5. The third kappa shape index (κ3) is 8.59. The van der Waals surface area contributed by atoms with Crippen LogP contribution in [-0.2, 0) is 27.4 Å². The van der Waals surface area contributed by atoms with Crippen LogP contribution >= 0.6 is 0 Å². The molecular weight excluding hydrogens is 452 g/mol. The van der Waals surface area contributed by atoms with Gasteiger partial charge in [0.15, 0.2) is 5.82 Å². The lowest BCUT2D eigenvalue weighted by Gasteiger charge is -2.32. The molecule has 2 atom stereocenters. The van der Waals surface area contributed by atoms with Gasteiger partial charge in [-0.25, -0.2) is 9.48 Å². The van der Waals surface area contributed by atoms with Crippen molar-refractivity contribution in [2.45, 2.75) is 78.8 Å². The average molecular weight is 491 g/mol. The van der Waals surface area contributed by atoms with Gasteiger partial charge in [0.05, 0.1) is 32.2 Å². The van der Waals surface area contributed by atoms with E-state index in [1.54, 1.807) is 16.5 Å². The molecule has 1 aromatic carbocycles. The second-order valence-corrected chi connectivity index (χ2v) is 9.17. The lowest BCUT2D eigenvalue weighted by molar-refractivity contribution is -0.143. The predicted octanol–water partition coefficient (Wildman–Crippen LogP) is 2.44. The minimum absolute atomic E-state index is 0.0615. The molecule has 0 aliphatic carbocycles. The molecule has 0 saturated heterocycles. The number of nitrogens with zero attached hydrogens (tertiary/aromatic N) is 5. The Hall–Kier alpha value is -3.05.